The van der Waals surface area contributed by atoms with E-state index in [9.17, 15) is 4.79 Å². The van der Waals surface area contributed by atoms with Crippen LogP contribution in [0, 0.1) is 0 Å². The zero-order valence-corrected chi connectivity index (χ0v) is 11.9. The molecule has 1 atom stereocenters. The van der Waals surface area contributed by atoms with Crippen molar-refractivity contribution in [2.75, 3.05) is 0 Å². The van der Waals surface area contributed by atoms with Crippen molar-refractivity contribution in [2.24, 2.45) is 5.73 Å². The number of hydrogen-bond acceptors (Lipinski definition) is 2. The highest BCUT2D eigenvalue weighted by Gasteiger charge is 2.07. The molecule has 2 aromatic rings. The van der Waals surface area contributed by atoms with E-state index in [1.165, 1.54) is 5.56 Å². The summed E-state index contributed by atoms with van der Waals surface area (Å²) in [5, 5.41) is 1.78. The second-order valence-corrected chi connectivity index (χ2v) is 5.44. The third kappa shape index (κ3) is 2.87. The quantitative estimate of drug-likeness (QED) is 0.916. The highest BCUT2D eigenvalue weighted by molar-refractivity contribution is 5.82. The van der Waals surface area contributed by atoms with Crippen molar-refractivity contribution in [3.05, 3.63) is 46.4 Å². The van der Waals surface area contributed by atoms with Crippen LogP contribution in [-0.2, 0) is 6.54 Å². The Morgan fingerprint density at radius 2 is 2.00 bits per heavy atom. The summed E-state index contributed by atoms with van der Waals surface area (Å²) in [5.74, 6) is 0.473. The first-order chi connectivity index (χ1) is 9.02. The molecule has 2 rings (SSSR count). The Morgan fingerprint density at radius 3 is 2.63 bits per heavy atom. The molecule has 0 saturated carbocycles. The van der Waals surface area contributed by atoms with Gasteiger partial charge in [-0.3, -0.25) is 4.79 Å². The van der Waals surface area contributed by atoms with Crippen LogP contribution in [0.25, 0.3) is 10.8 Å². The zero-order chi connectivity index (χ0) is 14.0. The molecule has 0 saturated heterocycles. The Morgan fingerprint density at radius 1 is 1.26 bits per heavy atom. The molecule has 0 aliphatic rings. The number of nitrogens with zero attached hydrogens (tertiary/aromatic N) is 1. The third-order valence-electron chi connectivity index (χ3n) is 3.62. The zero-order valence-electron chi connectivity index (χ0n) is 11.9. The number of rotatable bonds is 4. The molecule has 0 amide bonds. The summed E-state index contributed by atoms with van der Waals surface area (Å²) < 4.78 is 1.71. The summed E-state index contributed by atoms with van der Waals surface area (Å²) in [5.41, 5.74) is 7.23. The predicted octanol–water partition coefficient (Wildman–Crippen LogP) is 2.86. The van der Waals surface area contributed by atoms with E-state index in [1.54, 1.807) is 4.57 Å². The van der Waals surface area contributed by atoms with Gasteiger partial charge in [0, 0.05) is 24.2 Å². The van der Waals surface area contributed by atoms with Gasteiger partial charge in [-0.1, -0.05) is 32.9 Å². The van der Waals surface area contributed by atoms with Crippen molar-refractivity contribution >= 4 is 10.8 Å². The van der Waals surface area contributed by atoms with E-state index in [-0.39, 0.29) is 11.6 Å². The number of fused-ring (bicyclic) bond motifs is 1. The summed E-state index contributed by atoms with van der Waals surface area (Å²) in [6.07, 6.45) is 2.72. The minimum absolute atomic E-state index is 0.0325. The number of nitrogens with two attached hydrogens (primary N) is 1. The molecule has 0 radical (unpaired) electrons. The Balaban J connectivity index is 2.48. The first kappa shape index (κ1) is 13.8. The highest BCUT2D eigenvalue weighted by atomic mass is 16.1. The van der Waals surface area contributed by atoms with E-state index in [0.717, 1.165) is 17.2 Å². The summed E-state index contributed by atoms with van der Waals surface area (Å²) in [4.78, 5) is 12.4. The number of hydrogen-bond donors (Lipinski definition) is 1. The van der Waals surface area contributed by atoms with Gasteiger partial charge in [-0.25, -0.2) is 0 Å². The van der Waals surface area contributed by atoms with Crippen LogP contribution in [0.2, 0.25) is 0 Å². The van der Waals surface area contributed by atoms with Crippen molar-refractivity contribution in [1.82, 2.24) is 4.57 Å². The Hall–Kier alpha value is -1.61. The minimum atomic E-state index is 0.0325. The first-order valence-corrected chi connectivity index (χ1v) is 6.91. The second-order valence-electron chi connectivity index (χ2n) is 5.44. The molecule has 1 aromatic heterocycles. The lowest BCUT2D eigenvalue weighted by Crippen LogP contribution is -2.31. The van der Waals surface area contributed by atoms with Crippen LogP contribution < -0.4 is 11.3 Å². The fourth-order valence-electron chi connectivity index (χ4n) is 2.19. The average Bonchev–Trinajstić information content (AvgIpc) is 2.41. The van der Waals surface area contributed by atoms with Gasteiger partial charge in [-0.2, -0.15) is 0 Å². The standard InChI is InChI=1S/C16H22N2O/c1-4-14(17)10-18-8-7-13-9-12(11(2)3)5-6-15(13)16(18)19/h5-9,11,14H,4,10,17H2,1-3H3. The fourth-order valence-corrected chi connectivity index (χ4v) is 2.19. The maximum absolute atomic E-state index is 12.4. The molecule has 1 heterocycles. The summed E-state index contributed by atoms with van der Waals surface area (Å²) in [6, 6.07) is 8.11. The molecular weight excluding hydrogens is 236 g/mol. The summed E-state index contributed by atoms with van der Waals surface area (Å²) >= 11 is 0. The van der Waals surface area contributed by atoms with Gasteiger partial charge in [0.1, 0.15) is 0 Å². The molecule has 3 nitrogen and oxygen atoms in total. The molecule has 0 spiro atoms. The van der Waals surface area contributed by atoms with Crippen molar-refractivity contribution < 1.29 is 0 Å². The van der Waals surface area contributed by atoms with Crippen molar-refractivity contribution in [3.8, 4) is 0 Å². The van der Waals surface area contributed by atoms with E-state index < -0.39 is 0 Å². The van der Waals surface area contributed by atoms with Crippen LogP contribution in [0.1, 0.15) is 38.7 Å². The molecule has 1 unspecified atom stereocenters. The molecule has 0 bridgehead atoms. The van der Waals surface area contributed by atoms with Crippen molar-refractivity contribution in [2.45, 2.75) is 45.7 Å². The smallest absolute Gasteiger partial charge is 0.258 e. The third-order valence-corrected chi connectivity index (χ3v) is 3.62. The van der Waals surface area contributed by atoms with E-state index in [4.69, 9.17) is 5.73 Å². The molecule has 2 N–H and O–H groups in total. The van der Waals surface area contributed by atoms with E-state index in [1.807, 2.05) is 31.3 Å². The normalized spacial score (nSPS) is 13.1. The molecule has 0 aliphatic heterocycles. The van der Waals surface area contributed by atoms with Gasteiger partial charge in [0.05, 0.1) is 0 Å². The van der Waals surface area contributed by atoms with E-state index >= 15 is 0 Å². The lowest BCUT2D eigenvalue weighted by molar-refractivity contribution is 0.529. The second kappa shape index (κ2) is 5.57. The number of aromatic nitrogens is 1. The van der Waals surface area contributed by atoms with Gasteiger partial charge in [-0.15, -0.1) is 0 Å². The van der Waals surface area contributed by atoms with Gasteiger partial charge in [0.15, 0.2) is 0 Å². The van der Waals surface area contributed by atoms with Crippen molar-refractivity contribution in [1.29, 1.82) is 0 Å². The molecule has 0 fully saturated rings. The van der Waals surface area contributed by atoms with Crippen LogP contribution in [0.15, 0.2) is 35.3 Å². The van der Waals surface area contributed by atoms with E-state index in [2.05, 4.69) is 19.9 Å². The lowest BCUT2D eigenvalue weighted by Gasteiger charge is -2.13. The topological polar surface area (TPSA) is 48.0 Å². The molecule has 3 heteroatoms. The monoisotopic (exact) mass is 258 g/mol. The maximum Gasteiger partial charge on any atom is 0.258 e. The summed E-state index contributed by atoms with van der Waals surface area (Å²) in [6.45, 7) is 6.92. The predicted molar refractivity (Wildman–Crippen MR) is 80.6 cm³/mol. The van der Waals surface area contributed by atoms with Crippen LogP contribution in [0.4, 0.5) is 0 Å². The number of benzene rings is 1. The molecule has 19 heavy (non-hydrogen) atoms. The molecule has 0 aliphatic carbocycles. The average molecular weight is 258 g/mol. The minimum Gasteiger partial charge on any atom is -0.326 e. The van der Waals surface area contributed by atoms with Gasteiger partial charge < -0.3 is 10.3 Å². The van der Waals surface area contributed by atoms with Gasteiger partial charge >= 0.3 is 0 Å². The van der Waals surface area contributed by atoms with Gasteiger partial charge in [-0.05, 0) is 35.4 Å². The lowest BCUT2D eigenvalue weighted by atomic mass is 10.00. The van der Waals surface area contributed by atoms with E-state index in [0.29, 0.717) is 12.5 Å². The maximum atomic E-state index is 12.4. The highest BCUT2D eigenvalue weighted by Crippen LogP contribution is 2.19. The SMILES string of the molecule is CCC(N)Cn1ccc2cc(C(C)C)ccc2c1=O. The Kier molecular flexibility index (Phi) is 4.05. The molecule has 102 valence electrons. The fraction of sp³-hybridized carbons (Fsp3) is 0.438. The summed E-state index contributed by atoms with van der Waals surface area (Å²) in [7, 11) is 0. The van der Waals surface area contributed by atoms with Gasteiger partial charge in [0.25, 0.3) is 5.56 Å². The van der Waals surface area contributed by atoms with Gasteiger partial charge in [0.2, 0.25) is 0 Å². The largest absolute Gasteiger partial charge is 0.326 e. The first-order valence-electron chi connectivity index (χ1n) is 6.91. The molecular formula is C16H22N2O. The Bertz CT molecular complexity index is 628. The van der Waals surface area contributed by atoms with Crippen molar-refractivity contribution in [3.63, 3.8) is 0 Å². The molecule has 1 aromatic carbocycles. The Labute approximate surface area is 114 Å². The van der Waals surface area contributed by atoms with Crippen LogP contribution in [0.5, 0.6) is 0 Å². The van der Waals surface area contributed by atoms with Crippen LogP contribution in [0.3, 0.4) is 0 Å². The number of pyridine rings is 1. The van der Waals surface area contributed by atoms with Crippen LogP contribution >= 0.6 is 0 Å². The van der Waals surface area contributed by atoms with Crippen LogP contribution in [-0.4, -0.2) is 10.6 Å².